The minimum atomic E-state index is -0.167. The molecular weight excluding hydrogens is 118 g/mol. The van der Waals surface area contributed by atoms with Crippen molar-refractivity contribution in [2.45, 2.75) is 6.67 Å². The van der Waals surface area contributed by atoms with E-state index >= 15 is 0 Å². The van der Waals surface area contributed by atoms with Crippen LogP contribution in [-0.2, 0) is 6.67 Å². The lowest BCUT2D eigenvalue weighted by Gasteiger charge is -1.94. The monoisotopic (exact) mass is 125 g/mol. The van der Waals surface area contributed by atoms with Gasteiger partial charge < -0.3 is 5.73 Å². The SMILES string of the molecule is NCn1ncccc1=O. The normalized spacial score (nSPS) is 9.44. The van der Waals surface area contributed by atoms with Crippen LogP contribution in [0.3, 0.4) is 0 Å². The first kappa shape index (κ1) is 5.97. The van der Waals surface area contributed by atoms with Crippen molar-refractivity contribution in [3.05, 3.63) is 28.7 Å². The number of hydrogen-bond acceptors (Lipinski definition) is 3. The molecule has 9 heavy (non-hydrogen) atoms. The molecule has 0 spiro atoms. The highest BCUT2D eigenvalue weighted by atomic mass is 16.1. The third-order valence-electron chi connectivity index (χ3n) is 0.958. The first-order chi connectivity index (χ1) is 4.34. The minimum Gasteiger partial charge on any atom is -0.312 e. The molecule has 0 saturated heterocycles. The highest BCUT2D eigenvalue weighted by Gasteiger charge is 1.86. The molecule has 1 rings (SSSR count). The lowest BCUT2D eigenvalue weighted by molar-refractivity contribution is 0.597. The first-order valence-corrected chi connectivity index (χ1v) is 2.57. The van der Waals surface area contributed by atoms with Gasteiger partial charge >= 0.3 is 0 Å². The van der Waals surface area contributed by atoms with Crippen molar-refractivity contribution < 1.29 is 0 Å². The Morgan fingerprint density at radius 1 is 1.78 bits per heavy atom. The van der Waals surface area contributed by atoms with Crippen molar-refractivity contribution in [3.8, 4) is 0 Å². The van der Waals surface area contributed by atoms with Crippen LogP contribution in [0, 0.1) is 0 Å². The fourth-order valence-corrected chi connectivity index (χ4v) is 0.524. The molecule has 0 amide bonds. The summed E-state index contributed by atoms with van der Waals surface area (Å²) in [5, 5.41) is 3.68. The molecule has 0 bridgehead atoms. The molecule has 0 aliphatic carbocycles. The van der Waals surface area contributed by atoms with E-state index in [2.05, 4.69) is 5.10 Å². The molecule has 0 aromatic carbocycles. The van der Waals surface area contributed by atoms with Crippen LogP contribution in [0.2, 0.25) is 0 Å². The molecule has 4 nitrogen and oxygen atoms in total. The Bertz CT molecular complexity index is 242. The van der Waals surface area contributed by atoms with Crippen molar-refractivity contribution in [2.24, 2.45) is 5.73 Å². The van der Waals surface area contributed by atoms with Gasteiger partial charge in [-0.15, -0.1) is 0 Å². The quantitative estimate of drug-likeness (QED) is 0.532. The maximum absolute atomic E-state index is 10.7. The van der Waals surface area contributed by atoms with Crippen LogP contribution in [0.25, 0.3) is 0 Å². The fourth-order valence-electron chi connectivity index (χ4n) is 0.524. The molecule has 0 radical (unpaired) electrons. The van der Waals surface area contributed by atoms with E-state index in [1.807, 2.05) is 0 Å². The van der Waals surface area contributed by atoms with Gasteiger partial charge in [0.1, 0.15) is 0 Å². The number of nitrogens with zero attached hydrogens (tertiary/aromatic N) is 2. The van der Waals surface area contributed by atoms with Crippen molar-refractivity contribution in [2.75, 3.05) is 0 Å². The van der Waals surface area contributed by atoms with E-state index in [0.717, 1.165) is 0 Å². The molecule has 48 valence electrons. The van der Waals surface area contributed by atoms with E-state index in [1.165, 1.54) is 16.9 Å². The second-order valence-corrected chi connectivity index (χ2v) is 1.54. The topological polar surface area (TPSA) is 60.9 Å². The van der Waals surface area contributed by atoms with Gasteiger partial charge in [-0.25, -0.2) is 4.68 Å². The van der Waals surface area contributed by atoms with E-state index in [4.69, 9.17) is 5.73 Å². The van der Waals surface area contributed by atoms with Gasteiger partial charge in [0.15, 0.2) is 0 Å². The third-order valence-corrected chi connectivity index (χ3v) is 0.958. The van der Waals surface area contributed by atoms with Crippen LogP contribution in [0.4, 0.5) is 0 Å². The van der Waals surface area contributed by atoms with Gasteiger partial charge in [-0.2, -0.15) is 5.10 Å². The molecule has 0 atom stereocenters. The summed E-state index contributed by atoms with van der Waals surface area (Å²) >= 11 is 0. The lowest BCUT2D eigenvalue weighted by Crippen LogP contribution is -2.24. The smallest absolute Gasteiger partial charge is 0.267 e. The number of hydrogen-bond donors (Lipinski definition) is 1. The summed E-state index contributed by atoms with van der Waals surface area (Å²) in [5.74, 6) is 0. The zero-order chi connectivity index (χ0) is 6.69. The Morgan fingerprint density at radius 2 is 2.56 bits per heavy atom. The molecule has 0 fully saturated rings. The fraction of sp³-hybridized carbons (Fsp3) is 0.200. The van der Waals surface area contributed by atoms with Gasteiger partial charge in [0.25, 0.3) is 5.56 Å². The van der Waals surface area contributed by atoms with Crippen molar-refractivity contribution in [3.63, 3.8) is 0 Å². The van der Waals surface area contributed by atoms with Crippen molar-refractivity contribution >= 4 is 0 Å². The Hall–Kier alpha value is -1.16. The average Bonchev–Trinajstić information content (AvgIpc) is 1.89. The molecule has 1 heterocycles. The summed E-state index contributed by atoms with van der Waals surface area (Å²) in [6.45, 7) is 0.139. The van der Waals surface area contributed by atoms with E-state index in [1.54, 1.807) is 6.07 Å². The highest BCUT2D eigenvalue weighted by molar-refractivity contribution is 4.84. The van der Waals surface area contributed by atoms with Gasteiger partial charge in [-0.1, -0.05) is 0 Å². The maximum Gasteiger partial charge on any atom is 0.267 e. The Morgan fingerprint density at radius 3 is 3.00 bits per heavy atom. The lowest BCUT2D eigenvalue weighted by atomic mass is 10.6. The standard InChI is InChI=1S/C5H7N3O/c6-4-8-5(9)2-1-3-7-8/h1-3H,4,6H2. The summed E-state index contributed by atoms with van der Waals surface area (Å²) in [5.41, 5.74) is 4.98. The summed E-state index contributed by atoms with van der Waals surface area (Å²) in [6.07, 6.45) is 1.52. The molecule has 2 N–H and O–H groups in total. The minimum absolute atomic E-state index is 0.139. The summed E-state index contributed by atoms with van der Waals surface area (Å²) in [7, 11) is 0. The van der Waals surface area contributed by atoms with Crippen LogP contribution in [0.5, 0.6) is 0 Å². The van der Waals surface area contributed by atoms with E-state index in [-0.39, 0.29) is 12.2 Å². The number of aromatic nitrogens is 2. The zero-order valence-electron chi connectivity index (χ0n) is 4.82. The van der Waals surface area contributed by atoms with Crippen LogP contribution < -0.4 is 11.3 Å². The molecule has 1 aromatic heterocycles. The van der Waals surface area contributed by atoms with E-state index < -0.39 is 0 Å². The molecule has 4 heteroatoms. The molecule has 0 saturated carbocycles. The van der Waals surface area contributed by atoms with E-state index in [9.17, 15) is 4.79 Å². The molecule has 1 aromatic rings. The maximum atomic E-state index is 10.7. The van der Waals surface area contributed by atoms with Gasteiger partial charge in [-0.3, -0.25) is 4.79 Å². The van der Waals surface area contributed by atoms with Gasteiger partial charge in [0, 0.05) is 12.3 Å². The second-order valence-electron chi connectivity index (χ2n) is 1.54. The van der Waals surface area contributed by atoms with Crippen LogP contribution in [-0.4, -0.2) is 9.78 Å². The Labute approximate surface area is 51.9 Å². The van der Waals surface area contributed by atoms with E-state index in [0.29, 0.717) is 0 Å². The zero-order valence-corrected chi connectivity index (χ0v) is 4.82. The molecule has 0 aliphatic rings. The number of nitrogens with two attached hydrogens (primary N) is 1. The summed E-state index contributed by atoms with van der Waals surface area (Å²) in [6, 6.07) is 2.99. The Balaban J connectivity index is 3.16. The molecular formula is C5H7N3O. The largest absolute Gasteiger partial charge is 0.312 e. The van der Waals surface area contributed by atoms with Crippen molar-refractivity contribution in [1.29, 1.82) is 0 Å². The first-order valence-electron chi connectivity index (χ1n) is 2.57. The summed E-state index contributed by atoms with van der Waals surface area (Å²) < 4.78 is 1.18. The summed E-state index contributed by atoms with van der Waals surface area (Å²) in [4.78, 5) is 10.7. The molecule has 0 unspecified atom stereocenters. The molecule has 0 aliphatic heterocycles. The third kappa shape index (κ3) is 1.14. The predicted octanol–water partition coefficient (Wildman–Crippen LogP) is -0.841. The predicted molar refractivity (Wildman–Crippen MR) is 32.7 cm³/mol. The average molecular weight is 125 g/mol. The van der Waals surface area contributed by atoms with Crippen molar-refractivity contribution in [1.82, 2.24) is 9.78 Å². The Kier molecular flexibility index (Phi) is 1.60. The number of rotatable bonds is 1. The van der Waals surface area contributed by atoms with Crippen LogP contribution >= 0.6 is 0 Å². The van der Waals surface area contributed by atoms with Gasteiger partial charge in [-0.05, 0) is 6.07 Å². The van der Waals surface area contributed by atoms with Gasteiger partial charge in [0.05, 0.1) is 6.67 Å². The highest BCUT2D eigenvalue weighted by Crippen LogP contribution is 1.69. The van der Waals surface area contributed by atoms with Gasteiger partial charge in [0.2, 0.25) is 0 Å². The second kappa shape index (κ2) is 2.41. The van der Waals surface area contributed by atoms with Crippen LogP contribution in [0.15, 0.2) is 23.1 Å². The van der Waals surface area contributed by atoms with Crippen LogP contribution in [0.1, 0.15) is 0 Å².